The van der Waals surface area contributed by atoms with Crippen LogP contribution >= 0.6 is 0 Å². The van der Waals surface area contributed by atoms with Gasteiger partial charge in [0.2, 0.25) is 5.90 Å². The first kappa shape index (κ1) is 18.5. The van der Waals surface area contributed by atoms with Gasteiger partial charge in [-0.05, 0) is 38.1 Å². The molecule has 0 N–H and O–H groups in total. The Bertz CT molecular complexity index is 901. The van der Waals surface area contributed by atoms with Crippen LogP contribution in [0.4, 0.5) is 0 Å². The van der Waals surface area contributed by atoms with E-state index in [0.29, 0.717) is 41.6 Å². The number of aliphatic imine (C=N–C) groups is 1. The highest BCUT2D eigenvalue weighted by Crippen LogP contribution is 2.33. The van der Waals surface area contributed by atoms with E-state index in [9.17, 15) is 4.79 Å². The number of carbonyl (C=O) groups is 1. The molecule has 1 heterocycles. The molecule has 2 aromatic rings. The number of hydrogen-bond donors (Lipinski definition) is 0. The summed E-state index contributed by atoms with van der Waals surface area (Å²) in [5, 5.41) is 0. The van der Waals surface area contributed by atoms with E-state index in [1.54, 1.807) is 19.3 Å². The zero-order chi connectivity index (χ0) is 19.2. The fourth-order valence-corrected chi connectivity index (χ4v) is 2.73. The number of esters is 1. The second-order valence-electron chi connectivity index (χ2n) is 5.58. The van der Waals surface area contributed by atoms with E-state index in [2.05, 4.69) is 4.99 Å². The van der Waals surface area contributed by atoms with Crippen LogP contribution < -0.4 is 14.2 Å². The fourth-order valence-electron chi connectivity index (χ4n) is 2.73. The van der Waals surface area contributed by atoms with E-state index >= 15 is 0 Å². The van der Waals surface area contributed by atoms with E-state index < -0.39 is 5.97 Å². The molecule has 1 aliphatic heterocycles. The van der Waals surface area contributed by atoms with Crippen molar-refractivity contribution in [3.05, 3.63) is 59.3 Å². The highest BCUT2D eigenvalue weighted by Gasteiger charge is 2.26. The highest BCUT2D eigenvalue weighted by molar-refractivity contribution is 6.13. The normalized spacial score (nSPS) is 14.7. The molecule has 27 heavy (non-hydrogen) atoms. The number of rotatable bonds is 7. The Morgan fingerprint density at radius 3 is 2.44 bits per heavy atom. The van der Waals surface area contributed by atoms with E-state index in [0.717, 1.165) is 0 Å². The molecular formula is C21H21NO5. The van der Waals surface area contributed by atoms with Crippen molar-refractivity contribution in [3.8, 4) is 17.2 Å². The largest absolute Gasteiger partial charge is 0.493 e. The summed E-state index contributed by atoms with van der Waals surface area (Å²) < 4.78 is 22.0. The van der Waals surface area contributed by atoms with Crippen LogP contribution in [0.1, 0.15) is 25.0 Å². The molecule has 6 heteroatoms. The molecule has 0 bridgehead atoms. The number of para-hydroxylation sites is 2. The predicted octanol–water partition coefficient (Wildman–Crippen LogP) is 3.84. The van der Waals surface area contributed by atoms with E-state index in [1.165, 1.54) is 0 Å². The minimum atomic E-state index is -0.528. The molecule has 3 rings (SSSR count). The lowest BCUT2D eigenvalue weighted by atomic mass is 10.1. The molecule has 0 atom stereocenters. The van der Waals surface area contributed by atoms with Gasteiger partial charge >= 0.3 is 5.97 Å². The van der Waals surface area contributed by atoms with Crippen molar-refractivity contribution in [2.24, 2.45) is 4.99 Å². The smallest absolute Gasteiger partial charge is 0.363 e. The summed E-state index contributed by atoms with van der Waals surface area (Å²) >= 11 is 0. The predicted molar refractivity (Wildman–Crippen MR) is 102 cm³/mol. The summed E-state index contributed by atoms with van der Waals surface area (Å²) in [7, 11) is 1.56. The van der Waals surface area contributed by atoms with E-state index in [4.69, 9.17) is 18.9 Å². The number of carbonyl (C=O) groups excluding carboxylic acids is 1. The Morgan fingerprint density at radius 1 is 1.00 bits per heavy atom. The van der Waals surface area contributed by atoms with Crippen LogP contribution in [-0.2, 0) is 9.53 Å². The maximum Gasteiger partial charge on any atom is 0.363 e. The van der Waals surface area contributed by atoms with Gasteiger partial charge in [-0.3, -0.25) is 0 Å². The van der Waals surface area contributed by atoms with Crippen LogP contribution in [0.25, 0.3) is 6.08 Å². The van der Waals surface area contributed by atoms with Crippen molar-refractivity contribution in [3.63, 3.8) is 0 Å². The average Bonchev–Trinajstić information content (AvgIpc) is 3.03. The first-order valence-electron chi connectivity index (χ1n) is 8.72. The Morgan fingerprint density at radius 2 is 1.70 bits per heavy atom. The Labute approximate surface area is 158 Å². The number of nitrogens with zero attached hydrogens (tertiary/aromatic N) is 1. The van der Waals surface area contributed by atoms with E-state index in [-0.39, 0.29) is 11.6 Å². The molecule has 0 saturated heterocycles. The number of cyclic esters (lactones) is 1. The Balaban J connectivity index is 1.99. The van der Waals surface area contributed by atoms with Crippen LogP contribution in [0.3, 0.4) is 0 Å². The summed E-state index contributed by atoms with van der Waals surface area (Å²) in [6.07, 6.45) is 1.62. The summed E-state index contributed by atoms with van der Waals surface area (Å²) in [6, 6.07) is 12.8. The van der Waals surface area contributed by atoms with E-state index in [1.807, 2.05) is 50.2 Å². The van der Waals surface area contributed by atoms with Crippen molar-refractivity contribution in [1.29, 1.82) is 0 Å². The third-order valence-corrected chi connectivity index (χ3v) is 3.84. The maximum absolute atomic E-state index is 12.3. The second kappa shape index (κ2) is 8.40. The van der Waals surface area contributed by atoms with Gasteiger partial charge in [0.25, 0.3) is 0 Å². The minimum Gasteiger partial charge on any atom is -0.493 e. The quantitative estimate of drug-likeness (QED) is 0.549. The standard InChI is InChI=1S/C21H21NO5/c1-4-25-17-11-7-6-10-15(17)20-22-16(21(23)27-20)13-14-9-8-12-18(26-5-2)19(14)24-3/h6-13H,4-5H2,1-3H3/b16-13-. The molecule has 0 saturated carbocycles. The third kappa shape index (κ3) is 3.95. The highest BCUT2D eigenvalue weighted by atomic mass is 16.6. The first-order chi connectivity index (χ1) is 13.2. The third-order valence-electron chi connectivity index (χ3n) is 3.84. The van der Waals surface area contributed by atoms with Crippen LogP contribution in [-0.4, -0.2) is 32.2 Å². The Hall–Kier alpha value is -3.28. The number of methoxy groups -OCH3 is 1. The fraction of sp³-hybridized carbons (Fsp3) is 0.238. The van der Waals surface area contributed by atoms with Crippen LogP contribution in [0, 0.1) is 0 Å². The second-order valence-corrected chi connectivity index (χ2v) is 5.58. The lowest BCUT2D eigenvalue weighted by Crippen LogP contribution is -2.07. The number of ether oxygens (including phenoxy) is 4. The molecule has 0 amide bonds. The van der Waals surface area contributed by atoms with Gasteiger partial charge in [-0.1, -0.05) is 24.3 Å². The van der Waals surface area contributed by atoms with Crippen LogP contribution in [0.5, 0.6) is 17.2 Å². The van der Waals surface area contributed by atoms with Crippen LogP contribution in [0.2, 0.25) is 0 Å². The molecule has 0 radical (unpaired) electrons. The topological polar surface area (TPSA) is 66.3 Å². The molecule has 6 nitrogen and oxygen atoms in total. The summed E-state index contributed by atoms with van der Waals surface area (Å²) in [5.41, 5.74) is 1.49. The summed E-state index contributed by atoms with van der Waals surface area (Å²) in [6.45, 7) is 4.80. The van der Waals surface area contributed by atoms with Gasteiger partial charge in [0.1, 0.15) is 5.75 Å². The number of benzene rings is 2. The van der Waals surface area contributed by atoms with Crippen molar-refractivity contribution < 1.29 is 23.7 Å². The van der Waals surface area contributed by atoms with Crippen molar-refractivity contribution in [2.45, 2.75) is 13.8 Å². The molecule has 0 spiro atoms. The zero-order valence-electron chi connectivity index (χ0n) is 15.5. The zero-order valence-corrected chi connectivity index (χ0v) is 15.5. The lowest BCUT2D eigenvalue weighted by Gasteiger charge is -2.11. The van der Waals surface area contributed by atoms with Gasteiger partial charge in [0, 0.05) is 5.56 Å². The molecule has 1 aliphatic rings. The van der Waals surface area contributed by atoms with Crippen molar-refractivity contribution >= 4 is 17.9 Å². The monoisotopic (exact) mass is 367 g/mol. The molecule has 2 aromatic carbocycles. The molecule has 0 unspecified atom stereocenters. The molecule has 0 fully saturated rings. The minimum absolute atomic E-state index is 0.184. The molecule has 0 aromatic heterocycles. The van der Waals surface area contributed by atoms with Crippen LogP contribution in [0.15, 0.2) is 53.2 Å². The molecular weight excluding hydrogens is 346 g/mol. The van der Waals surface area contributed by atoms with Crippen molar-refractivity contribution in [2.75, 3.05) is 20.3 Å². The SMILES string of the molecule is CCOc1ccccc1C1=N/C(=C\c2cccc(OCC)c2OC)C(=O)O1. The van der Waals surface area contributed by atoms with Gasteiger partial charge in [-0.2, -0.15) is 0 Å². The number of hydrogen-bond acceptors (Lipinski definition) is 6. The van der Waals surface area contributed by atoms with Gasteiger partial charge in [0.05, 0.1) is 25.9 Å². The van der Waals surface area contributed by atoms with Gasteiger partial charge in [0.15, 0.2) is 17.2 Å². The summed E-state index contributed by atoms with van der Waals surface area (Å²) in [5.74, 6) is 1.45. The first-order valence-corrected chi connectivity index (χ1v) is 8.72. The van der Waals surface area contributed by atoms with Gasteiger partial charge in [-0.15, -0.1) is 0 Å². The van der Waals surface area contributed by atoms with Gasteiger partial charge in [-0.25, -0.2) is 9.79 Å². The molecule has 140 valence electrons. The van der Waals surface area contributed by atoms with Crippen molar-refractivity contribution in [1.82, 2.24) is 0 Å². The lowest BCUT2D eigenvalue weighted by molar-refractivity contribution is -0.129. The maximum atomic E-state index is 12.3. The Kier molecular flexibility index (Phi) is 5.76. The average molecular weight is 367 g/mol. The molecule has 0 aliphatic carbocycles. The van der Waals surface area contributed by atoms with Gasteiger partial charge < -0.3 is 18.9 Å². The summed E-state index contributed by atoms with van der Waals surface area (Å²) in [4.78, 5) is 16.7.